The van der Waals surface area contributed by atoms with Crippen LogP contribution in [0.25, 0.3) is 0 Å². The first-order valence-electron chi connectivity index (χ1n) is 6.84. The van der Waals surface area contributed by atoms with Crippen LogP contribution in [0.4, 0.5) is 4.39 Å². The summed E-state index contributed by atoms with van der Waals surface area (Å²) in [4.78, 5) is 12.8. The molecule has 2 aromatic rings. The highest BCUT2D eigenvalue weighted by atomic mass is 19.1. The topological polar surface area (TPSA) is 89.3 Å². The van der Waals surface area contributed by atoms with Crippen molar-refractivity contribution >= 4 is 5.84 Å². The van der Waals surface area contributed by atoms with Crippen LogP contribution in [0.3, 0.4) is 0 Å². The van der Waals surface area contributed by atoms with Crippen LogP contribution in [0.2, 0.25) is 0 Å². The second kappa shape index (κ2) is 6.01. The van der Waals surface area contributed by atoms with E-state index in [1.54, 1.807) is 12.3 Å². The van der Waals surface area contributed by atoms with Crippen molar-refractivity contribution in [1.82, 2.24) is 15.3 Å². The van der Waals surface area contributed by atoms with Gasteiger partial charge in [-0.1, -0.05) is 0 Å². The maximum atomic E-state index is 13.6. The molecule has 0 bridgehead atoms. The quantitative estimate of drug-likeness (QED) is 0.869. The number of fused-ring (bicyclic) bond motifs is 1. The molecular weight excluding hydrogens is 273 g/mol. The van der Waals surface area contributed by atoms with Crippen LogP contribution in [-0.4, -0.2) is 28.9 Å². The number of aromatic nitrogens is 2. The second-order valence-corrected chi connectivity index (χ2v) is 4.68. The molecule has 110 valence electrons. The van der Waals surface area contributed by atoms with E-state index >= 15 is 0 Å². The number of rotatable bonds is 4. The van der Waals surface area contributed by atoms with Crippen molar-refractivity contribution in [3.05, 3.63) is 47.2 Å². The molecule has 21 heavy (non-hydrogen) atoms. The Labute approximate surface area is 121 Å². The third-order valence-electron chi connectivity index (χ3n) is 3.19. The molecular formula is C14H16FN5O. The Morgan fingerprint density at radius 1 is 1.43 bits per heavy atom. The Balaban J connectivity index is 1.75. The maximum absolute atomic E-state index is 13.6. The number of amidine groups is 1. The third-order valence-corrected chi connectivity index (χ3v) is 3.19. The summed E-state index contributed by atoms with van der Waals surface area (Å²) in [5.74, 6) is 1.69. The minimum absolute atomic E-state index is 0.254. The van der Waals surface area contributed by atoms with Gasteiger partial charge in [0.05, 0.1) is 12.2 Å². The van der Waals surface area contributed by atoms with Gasteiger partial charge in [-0.25, -0.2) is 9.37 Å². The summed E-state index contributed by atoms with van der Waals surface area (Å²) in [5, 5.41) is 3.08. The second-order valence-electron chi connectivity index (χ2n) is 4.68. The zero-order valence-corrected chi connectivity index (χ0v) is 11.5. The molecule has 0 saturated heterocycles. The van der Waals surface area contributed by atoms with Crippen molar-refractivity contribution in [2.45, 2.75) is 19.4 Å². The smallest absolute Gasteiger partial charge is 0.196 e. The molecule has 1 aliphatic rings. The van der Waals surface area contributed by atoms with Crippen molar-refractivity contribution in [2.24, 2.45) is 10.7 Å². The summed E-state index contributed by atoms with van der Waals surface area (Å²) in [7, 11) is 0. The lowest BCUT2D eigenvalue weighted by molar-refractivity contribution is 0.455. The van der Waals surface area contributed by atoms with Crippen molar-refractivity contribution in [3.8, 4) is 0 Å². The molecule has 0 saturated carbocycles. The van der Waals surface area contributed by atoms with E-state index in [0.29, 0.717) is 42.6 Å². The SMILES string of the molecule is NCCc1nc2c(o1)CCN=C2NCc1ncccc1F. The van der Waals surface area contributed by atoms with E-state index in [1.807, 2.05) is 0 Å². The number of hydrogen-bond donors (Lipinski definition) is 2. The standard InChI is InChI=1S/C14H16FN5O/c15-9-2-1-6-17-10(9)8-19-14-13-11(4-7-18-14)21-12(20-13)3-5-16/h1-2,6H,3-5,7-8,16H2,(H,18,19). The van der Waals surface area contributed by atoms with Crippen LogP contribution in [0.5, 0.6) is 0 Å². The predicted molar refractivity (Wildman–Crippen MR) is 75.4 cm³/mol. The Kier molecular flexibility index (Phi) is 3.92. The summed E-state index contributed by atoms with van der Waals surface area (Å²) < 4.78 is 19.2. The number of nitrogens with two attached hydrogens (primary N) is 1. The van der Waals surface area contributed by atoms with E-state index in [4.69, 9.17) is 10.2 Å². The van der Waals surface area contributed by atoms with E-state index in [2.05, 4.69) is 20.3 Å². The van der Waals surface area contributed by atoms with Gasteiger partial charge < -0.3 is 15.5 Å². The van der Waals surface area contributed by atoms with Gasteiger partial charge in [-0.3, -0.25) is 9.98 Å². The van der Waals surface area contributed by atoms with Gasteiger partial charge in [0.2, 0.25) is 0 Å². The van der Waals surface area contributed by atoms with Crippen molar-refractivity contribution < 1.29 is 8.81 Å². The lowest BCUT2D eigenvalue weighted by atomic mass is 10.2. The third kappa shape index (κ3) is 2.92. The lowest BCUT2D eigenvalue weighted by Crippen LogP contribution is -2.29. The molecule has 0 spiro atoms. The highest BCUT2D eigenvalue weighted by molar-refractivity contribution is 5.98. The number of halogens is 1. The van der Waals surface area contributed by atoms with Crippen LogP contribution in [-0.2, 0) is 19.4 Å². The van der Waals surface area contributed by atoms with Gasteiger partial charge in [0.15, 0.2) is 11.7 Å². The Morgan fingerprint density at radius 2 is 2.33 bits per heavy atom. The van der Waals surface area contributed by atoms with Crippen LogP contribution in [0.15, 0.2) is 27.7 Å². The molecule has 3 heterocycles. The summed E-state index contributed by atoms with van der Waals surface area (Å²) in [5.41, 5.74) is 6.55. The van der Waals surface area contributed by atoms with E-state index < -0.39 is 0 Å². The van der Waals surface area contributed by atoms with Gasteiger partial charge in [0.1, 0.15) is 17.3 Å². The average Bonchev–Trinajstić information content (AvgIpc) is 2.90. The Hall–Kier alpha value is -2.28. The molecule has 0 radical (unpaired) electrons. The summed E-state index contributed by atoms with van der Waals surface area (Å²) in [6.45, 7) is 1.36. The molecule has 0 aliphatic carbocycles. The van der Waals surface area contributed by atoms with Crippen molar-refractivity contribution in [3.63, 3.8) is 0 Å². The van der Waals surface area contributed by atoms with Gasteiger partial charge in [-0.2, -0.15) is 0 Å². The van der Waals surface area contributed by atoms with Gasteiger partial charge in [0, 0.05) is 32.1 Å². The van der Waals surface area contributed by atoms with E-state index in [0.717, 1.165) is 12.2 Å². The highest BCUT2D eigenvalue weighted by Gasteiger charge is 2.21. The number of pyridine rings is 1. The molecule has 0 unspecified atom stereocenters. The molecule has 0 amide bonds. The van der Waals surface area contributed by atoms with Gasteiger partial charge in [0.25, 0.3) is 0 Å². The van der Waals surface area contributed by atoms with Gasteiger partial charge in [-0.05, 0) is 12.1 Å². The average molecular weight is 289 g/mol. The molecule has 0 fully saturated rings. The number of nitrogens with one attached hydrogen (secondary N) is 1. The van der Waals surface area contributed by atoms with Crippen molar-refractivity contribution in [2.75, 3.05) is 13.1 Å². The predicted octanol–water partition coefficient (Wildman–Crippen LogP) is 0.802. The maximum Gasteiger partial charge on any atom is 0.196 e. The fraction of sp³-hybridized carbons (Fsp3) is 0.357. The summed E-state index contributed by atoms with van der Waals surface area (Å²) >= 11 is 0. The normalized spacial score (nSPS) is 13.7. The van der Waals surface area contributed by atoms with Gasteiger partial charge in [-0.15, -0.1) is 0 Å². The first-order valence-corrected chi connectivity index (χ1v) is 6.84. The Morgan fingerprint density at radius 3 is 3.14 bits per heavy atom. The minimum Gasteiger partial charge on any atom is -0.445 e. The summed E-state index contributed by atoms with van der Waals surface area (Å²) in [6, 6.07) is 2.94. The first kappa shape index (κ1) is 13.7. The molecule has 0 atom stereocenters. The summed E-state index contributed by atoms with van der Waals surface area (Å²) in [6.07, 6.45) is 2.87. The van der Waals surface area contributed by atoms with Crippen LogP contribution in [0.1, 0.15) is 23.0 Å². The molecule has 6 nitrogen and oxygen atoms in total. The van der Waals surface area contributed by atoms with Crippen molar-refractivity contribution in [1.29, 1.82) is 0 Å². The largest absolute Gasteiger partial charge is 0.445 e. The molecule has 3 rings (SSSR count). The van der Waals surface area contributed by atoms with E-state index in [9.17, 15) is 4.39 Å². The lowest BCUT2D eigenvalue weighted by Gasteiger charge is -2.12. The number of oxazole rings is 1. The minimum atomic E-state index is -0.342. The highest BCUT2D eigenvalue weighted by Crippen LogP contribution is 2.17. The van der Waals surface area contributed by atoms with Crippen LogP contribution >= 0.6 is 0 Å². The fourth-order valence-corrected chi connectivity index (χ4v) is 2.18. The zero-order valence-electron chi connectivity index (χ0n) is 11.5. The van der Waals surface area contributed by atoms with Crippen LogP contribution in [0, 0.1) is 5.82 Å². The number of nitrogens with zero attached hydrogens (tertiary/aromatic N) is 3. The molecule has 2 aromatic heterocycles. The number of hydrogen-bond acceptors (Lipinski definition) is 6. The van der Waals surface area contributed by atoms with E-state index in [-0.39, 0.29) is 12.4 Å². The first-order chi connectivity index (χ1) is 10.3. The van der Waals surface area contributed by atoms with E-state index in [1.165, 1.54) is 6.07 Å². The fourth-order valence-electron chi connectivity index (χ4n) is 2.18. The molecule has 0 aromatic carbocycles. The monoisotopic (exact) mass is 289 g/mol. The van der Waals surface area contributed by atoms with Gasteiger partial charge >= 0.3 is 0 Å². The zero-order chi connectivity index (χ0) is 14.7. The number of aliphatic imine (C=N–C) groups is 1. The Bertz CT molecular complexity index is 667. The molecule has 7 heteroatoms. The molecule has 1 aliphatic heterocycles. The molecule has 3 N–H and O–H groups in total. The van der Waals surface area contributed by atoms with Crippen LogP contribution < -0.4 is 11.1 Å².